The number of hydrogen-bond donors (Lipinski definition) is 0. The lowest BCUT2D eigenvalue weighted by Gasteiger charge is -2.34. The summed E-state index contributed by atoms with van der Waals surface area (Å²) in [6.45, 7) is 0.814. The molecule has 2 aromatic carbocycles. The first kappa shape index (κ1) is 19.3. The van der Waals surface area contributed by atoms with Crippen LogP contribution >= 0.6 is 27.5 Å². The Morgan fingerprint density at radius 3 is 2.35 bits per heavy atom. The zero-order valence-corrected chi connectivity index (χ0v) is 16.7. The number of carbonyl (C=O) groups excluding carboxylic acids is 1. The molecule has 5 nitrogen and oxygen atoms in total. The van der Waals surface area contributed by atoms with Crippen LogP contribution < -0.4 is 0 Å². The Hall–Kier alpha value is -1.48. The van der Waals surface area contributed by atoms with E-state index in [1.54, 1.807) is 18.2 Å². The molecule has 1 heterocycles. The predicted octanol–water partition coefficient (Wildman–Crippen LogP) is 3.39. The lowest BCUT2D eigenvalue weighted by molar-refractivity contribution is 0.0698. The van der Waals surface area contributed by atoms with Gasteiger partial charge < -0.3 is 4.90 Å². The van der Waals surface area contributed by atoms with E-state index in [0.717, 1.165) is 6.07 Å². The van der Waals surface area contributed by atoms with E-state index in [2.05, 4.69) is 15.9 Å². The summed E-state index contributed by atoms with van der Waals surface area (Å²) < 4.78 is 40.5. The van der Waals surface area contributed by atoms with Gasteiger partial charge in [0.05, 0.1) is 15.5 Å². The molecular formula is C17H15BrClFN2O3S. The van der Waals surface area contributed by atoms with Crippen LogP contribution in [-0.2, 0) is 10.0 Å². The van der Waals surface area contributed by atoms with Crippen molar-refractivity contribution in [2.75, 3.05) is 26.2 Å². The molecule has 138 valence electrons. The van der Waals surface area contributed by atoms with Crippen LogP contribution in [0.2, 0.25) is 5.02 Å². The van der Waals surface area contributed by atoms with Crippen LogP contribution in [0, 0.1) is 5.82 Å². The van der Waals surface area contributed by atoms with Gasteiger partial charge in [0, 0.05) is 30.7 Å². The lowest BCUT2D eigenvalue weighted by atomic mass is 10.2. The van der Waals surface area contributed by atoms with Gasteiger partial charge in [0.1, 0.15) is 5.82 Å². The van der Waals surface area contributed by atoms with E-state index in [4.69, 9.17) is 11.6 Å². The van der Waals surface area contributed by atoms with Crippen LogP contribution in [0.15, 0.2) is 51.8 Å². The summed E-state index contributed by atoms with van der Waals surface area (Å²) in [7, 11) is -3.65. The molecule has 0 aliphatic carbocycles. The SMILES string of the molecule is O=C(c1ccc(F)cc1Cl)N1CCN(S(=O)(=O)c2ccccc2Br)CC1. The van der Waals surface area contributed by atoms with Crippen molar-refractivity contribution in [1.29, 1.82) is 0 Å². The topological polar surface area (TPSA) is 57.7 Å². The Labute approximate surface area is 164 Å². The summed E-state index contributed by atoms with van der Waals surface area (Å²) in [5.74, 6) is -0.858. The molecule has 2 aromatic rings. The van der Waals surface area contributed by atoms with E-state index >= 15 is 0 Å². The first-order chi connectivity index (χ1) is 12.3. The van der Waals surface area contributed by atoms with E-state index in [1.807, 2.05) is 0 Å². The second-order valence-electron chi connectivity index (χ2n) is 5.75. The molecule has 1 saturated heterocycles. The van der Waals surface area contributed by atoms with E-state index in [-0.39, 0.29) is 47.6 Å². The molecule has 0 bridgehead atoms. The zero-order chi connectivity index (χ0) is 18.9. The minimum atomic E-state index is -3.65. The fourth-order valence-corrected chi connectivity index (χ4v) is 5.39. The molecule has 1 aliphatic heterocycles. The van der Waals surface area contributed by atoms with Crippen molar-refractivity contribution < 1.29 is 17.6 Å². The second-order valence-corrected chi connectivity index (χ2v) is 8.92. The van der Waals surface area contributed by atoms with Crippen LogP contribution in [-0.4, -0.2) is 49.7 Å². The third kappa shape index (κ3) is 3.78. The number of sulfonamides is 1. The molecule has 1 amide bonds. The minimum Gasteiger partial charge on any atom is -0.336 e. The van der Waals surface area contributed by atoms with Crippen molar-refractivity contribution in [3.63, 3.8) is 0 Å². The van der Waals surface area contributed by atoms with Crippen LogP contribution in [0.4, 0.5) is 4.39 Å². The van der Waals surface area contributed by atoms with E-state index in [9.17, 15) is 17.6 Å². The van der Waals surface area contributed by atoms with Gasteiger partial charge in [-0.25, -0.2) is 12.8 Å². The van der Waals surface area contributed by atoms with Crippen LogP contribution in [0.5, 0.6) is 0 Å². The van der Waals surface area contributed by atoms with Gasteiger partial charge in [0.2, 0.25) is 10.0 Å². The molecule has 1 fully saturated rings. The quantitative estimate of drug-likeness (QED) is 0.704. The van der Waals surface area contributed by atoms with Gasteiger partial charge in [0.25, 0.3) is 5.91 Å². The molecule has 1 aliphatic rings. The van der Waals surface area contributed by atoms with Gasteiger partial charge >= 0.3 is 0 Å². The highest BCUT2D eigenvalue weighted by Crippen LogP contribution is 2.26. The summed E-state index contributed by atoms with van der Waals surface area (Å²) in [5.41, 5.74) is 0.204. The summed E-state index contributed by atoms with van der Waals surface area (Å²) in [6, 6.07) is 10.2. The molecule has 0 unspecified atom stereocenters. The largest absolute Gasteiger partial charge is 0.336 e. The average Bonchev–Trinajstić information content (AvgIpc) is 2.61. The third-order valence-corrected chi connectivity index (χ3v) is 7.37. The van der Waals surface area contributed by atoms with Crippen molar-refractivity contribution >= 4 is 43.5 Å². The summed E-state index contributed by atoms with van der Waals surface area (Å²) in [5, 5.41) is 0.0401. The molecule has 3 rings (SSSR count). The minimum absolute atomic E-state index is 0.0401. The van der Waals surface area contributed by atoms with Crippen molar-refractivity contribution in [1.82, 2.24) is 9.21 Å². The maximum Gasteiger partial charge on any atom is 0.255 e. The number of piperazine rings is 1. The van der Waals surface area contributed by atoms with Gasteiger partial charge in [-0.1, -0.05) is 23.7 Å². The molecule has 26 heavy (non-hydrogen) atoms. The Bertz CT molecular complexity index is 947. The average molecular weight is 462 g/mol. The fourth-order valence-electron chi connectivity index (χ4n) is 2.76. The van der Waals surface area contributed by atoms with Gasteiger partial charge in [-0.05, 0) is 46.3 Å². The fraction of sp³-hybridized carbons (Fsp3) is 0.235. The van der Waals surface area contributed by atoms with Crippen molar-refractivity contribution in [3.8, 4) is 0 Å². The molecule has 9 heteroatoms. The summed E-state index contributed by atoms with van der Waals surface area (Å²) >= 11 is 9.21. The summed E-state index contributed by atoms with van der Waals surface area (Å²) in [4.78, 5) is 14.3. The number of halogens is 3. The predicted molar refractivity (Wildman–Crippen MR) is 100 cm³/mol. The third-order valence-electron chi connectivity index (χ3n) is 4.14. The highest BCUT2D eigenvalue weighted by molar-refractivity contribution is 9.10. The first-order valence-electron chi connectivity index (χ1n) is 7.80. The second kappa shape index (κ2) is 7.64. The number of nitrogens with zero attached hydrogens (tertiary/aromatic N) is 2. The number of carbonyl (C=O) groups is 1. The Morgan fingerprint density at radius 2 is 1.73 bits per heavy atom. The standard InChI is InChI=1S/C17H15BrClFN2O3S/c18-14-3-1-2-4-16(14)26(24,25)22-9-7-21(8-10-22)17(23)13-6-5-12(20)11-15(13)19/h1-6,11H,7-10H2. The highest BCUT2D eigenvalue weighted by atomic mass is 79.9. The number of amides is 1. The van der Waals surface area contributed by atoms with Gasteiger partial charge in [-0.2, -0.15) is 4.31 Å². The van der Waals surface area contributed by atoms with Gasteiger partial charge in [-0.3, -0.25) is 4.79 Å². The molecule has 0 spiro atoms. The molecule has 0 saturated carbocycles. The van der Waals surface area contributed by atoms with E-state index in [1.165, 1.54) is 27.4 Å². The smallest absolute Gasteiger partial charge is 0.255 e. The molecule has 0 radical (unpaired) electrons. The number of rotatable bonds is 3. The van der Waals surface area contributed by atoms with Crippen molar-refractivity contribution in [2.24, 2.45) is 0 Å². The number of benzene rings is 2. The van der Waals surface area contributed by atoms with Crippen LogP contribution in [0.3, 0.4) is 0 Å². The van der Waals surface area contributed by atoms with Crippen LogP contribution in [0.1, 0.15) is 10.4 Å². The maximum atomic E-state index is 13.1. The maximum absolute atomic E-state index is 13.1. The Balaban J connectivity index is 1.73. The normalized spacial score (nSPS) is 15.9. The van der Waals surface area contributed by atoms with E-state index < -0.39 is 15.8 Å². The zero-order valence-electron chi connectivity index (χ0n) is 13.5. The first-order valence-corrected chi connectivity index (χ1v) is 10.4. The Morgan fingerprint density at radius 1 is 1.08 bits per heavy atom. The lowest BCUT2D eigenvalue weighted by Crippen LogP contribution is -2.50. The molecule has 0 atom stereocenters. The van der Waals surface area contributed by atoms with Gasteiger partial charge in [-0.15, -0.1) is 0 Å². The molecule has 0 N–H and O–H groups in total. The van der Waals surface area contributed by atoms with Crippen LogP contribution in [0.25, 0.3) is 0 Å². The highest BCUT2D eigenvalue weighted by Gasteiger charge is 2.31. The summed E-state index contributed by atoms with van der Waals surface area (Å²) in [6.07, 6.45) is 0. The monoisotopic (exact) mass is 460 g/mol. The van der Waals surface area contributed by atoms with Gasteiger partial charge in [0.15, 0.2) is 0 Å². The van der Waals surface area contributed by atoms with E-state index in [0.29, 0.717) is 4.47 Å². The number of hydrogen-bond acceptors (Lipinski definition) is 3. The molecular weight excluding hydrogens is 447 g/mol. The van der Waals surface area contributed by atoms with Crippen molar-refractivity contribution in [3.05, 3.63) is 63.3 Å². The molecule has 0 aromatic heterocycles. The Kier molecular flexibility index (Phi) is 5.67. The van der Waals surface area contributed by atoms with Crippen molar-refractivity contribution in [2.45, 2.75) is 4.90 Å².